The van der Waals surface area contributed by atoms with Gasteiger partial charge in [0.15, 0.2) is 6.10 Å². The molecule has 1 aliphatic heterocycles. The second-order valence-electron chi connectivity index (χ2n) is 7.59. The Hall–Kier alpha value is -3.57. The molecule has 0 bridgehead atoms. The molecule has 0 saturated heterocycles. The zero-order chi connectivity index (χ0) is 24.5. The number of hydrogen-bond acceptors (Lipinski definition) is 7. The molecule has 10 nitrogen and oxygen atoms in total. The molecule has 0 aromatic heterocycles. The van der Waals surface area contributed by atoms with Gasteiger partial charge in [0.1, 0.15) is 6.04 Å². The Bertz CT molecular complexity index is 1210. The first kappa shape index (κ1) is 24.1. The number of ether oxygens (including phenoxy) is 1. The molecule has 3 rings (SSSR count). The van der Waals surface area contributed by atoms with Gasteiger partial charge >= 0.3 is 5.97 Å². The number of anilines is 1. The number of imide groups is 1. The number of carbonyl (C=O) groups is 4. The van der Waals surface area contributed by atoms with E-state index in [1.165, 1.54) is 64.3 Å². The average Bonchev–Trinajstić information content (AvgIpc) is 3.03. The number of amides is 3. The van der Waals surface area contributed by atoms with Crippen molar-refractivity contribution in [1.82, 2.24) is 9.21 Å². The van der Waals surface area contributed by atoms with Gasteiger partial charge in [-0.1, -0.05) is 18.2 Å². The maximum absolute atomic E-state index is 12.6. The van der Waals surface area contributed by atoms with Crippen molar-refractivity contribution in [1.29, 1.82) is 0 Å². The highest BCUT2D eigenvalue weighted by Crippen LogP contribution is 2.25. The molecule has 2 atom stereocenters. The highest BCUT2D eigenvalue weighted by atomic mass is 32.2. The van der Waals surface area contributed by atoms with E-state index < -0.39 is 45.9 Å². The monoisotopic (exact) mass is 473 g/mol. The Morgan fingerprint density at radius 3 is 2.09 bits per heavy atom. The van der Waals surface area contributed by atoms with E-state index in [1.54, 1.807) is 12.1 Å². The molecule has 11 heteroatoms. The zero-order valence-corrected chi connectivity index (χ0v) is 19.3. The molecule has 2 aromatic rings. The fourth-order valence-electron chi connectivity index (χ4n) is 3.18. The minimum absolute atomic E-state index is 0.0193. The largest absolute Gasteiger partial charge is 0.451 e. The molecule has 1 N–H and O–H groups in total. The van der Waals surface area contributed by atoms with Crippen LogP contribution in [-0.4, -0.2) is 67.6 Å². The van der Waals surface area contributed by atoms with E-state index in [1.807, 2.05) is 0 Å². The van der Waals surface area contributed by atoms with Crippen molar-refractivity contribution in [3.05, 3.63) is 59.7 Å². The van der Waals surface area contributed by atoms with Crippen LogP contribution in [0.15, 0.2) is 53.4 Å². The van der Waals surface area contributed by atoms with Crippen molar-refractivity contribution < 1.29 is 32.3 Å². The molecule has 3 amide bonds. The smallest absolute Gasteiger partial charge is 0.329 e. The number of carbonyl (C=O) groups excluding carboxylic acids is 4. The van der Waals surface area contributed by atoms with Gasteiger partial charge in [0.25, 0.3) is 17.7 Å². The van der Waals surface area contributed by atoms with Crippen LogP contribution >= 0.6 is 0 Å². The summed E-state index contributed by atoms with van der Waals surface area (Å²) in [6.07, 6.45) is -1.27. The predicted octanol–water partition coefficient (Wildman–Crippen LogP) is 1.49. The van der Waals surface area contributed by atoms with E-state index in [-0.39, 0.29) is 21.7 Å². The number of hydrogen-bond donors (Lipinski definition) is 1. The van der Waals surface area contributed by atoms with E-state index in [9.17, 15) is 27.6 Å². The van der Waals surface area contributed by atoms with Crippen molar-refractivity contribution in [2.24, 2.45) is 0 Å². The molecular weight excluding hydrogens is 450 g/mol. The lowest BCUT2D eigenvalue weighted by Crippen LogP contribution is -2.45. The Balaban J connectivity index is 1.66. The van der Waals surface area contributed by atoms with Gasteiger partial charge < -0.3 is 10.1 Å². The number of benzene rings is 2. The molecular formula is C22H23N3O7S. The molecule has 1 heterocycles. The third-order valence-electron chi connectivity index (χ3n) is 5.10. The normalized spacial score (nSPS) is 15.2. The third-order valence-corrected chi connectivity index (χ3v) is 6.91. The van der Waals surface area contributed by atoms with Gasteiger partial charge in [-0.05, 0) is 44.2 Å². The molecule has 0 unspecified atom stereocenters. The molecule has 33 heavy (non-hydrogen) atoms. The van der Waals surface area contributed by atoms with Crippen LogP contribution in [0.1, 0.15) is 34.6 Å². The summed E-state index contributed by atoms with van der Waals surface area (Å²) in [7, 11) is -0.928. The number of nitrogens with one attached hydrogen (secondary N) is 1. The van der Waals surface area contributed by atoms with Crippen LogP contribution in [0.3, 0.4) is 0 Å². The molecule has 0 saturated carbocycles. The molecule has 0 spiro atoms. The lowest BCUT2D eigenvalue weighted by molar-refractivity contribution is -0.156. The van der Waals surface area contributed by atoms with Gasteiger partial charge in [-0.25, -0.2) is 17.5 Å². The summed E-state index contributed by atoms with van der Waals surface area (Å²) < 4.78 is 30.7. The first-order valence-corrected chi connectivity index (χ1v) is 11.4. The third kappa shape index (κ3) is 4.64. The van der Waals surface area contributed by atoms with Gasteiger partial charge in [0.2, 0.25) is 10.0 Å². The summed E-state index contributed by atoms with van der Waals surface area (Å²) in [6, 6.07) is 10.6. The first-order valence-electron chi connectivity index (χ1n) is 9.96. The Morgan fingerprint density at radius 2 is 1.55 bits per heavy atom. The van der Waals surface area contributed by atoms with Crippen molar-refractivity contribution in [3.8, 4) is 0 Å². The average molecular weight is 474 g/mol. The summed E-state index contributed by atoms with van der Waals surface area (Å²) in [4.78, 5) is 50.9. The van der Waals surface area contributed by atoms with Crippen LogP contribution in [0.4, 0.5) is 5.69 Å². The van der Waals surface area contributed by atoms with Crippen molar-refractivity contribution >= 4 is 39.4 Å². The summed E-state index contributed by atoms with van der Waals surface area (Å²) in [6.45, 7) is 2.66. The van der Waals surface area contributed by atoms with Crippen LogP contribution in [0.25, 0.3) is 0 Å². The molecule has 0 radical (unpaired) electrons. The Kier molecular flexibility index (Phi) is 6.65. The SMILES string of the molecule is C[C@H](OC(=O)[C@@H](C)N1C(=O)c2ccccc2C1=O)C(=O)Nc1cccc(S(=O)(=O)N(C)C)c1. The number of fused-ring (bicyclic) bond motifs is 1. The van der Waals surface area contributed by atoms with Gasteiger partial charge in [0, 0.05) is 19.8 Å². The van der Waals surface area contributed by atoms with E-state index >= 15 is 0 Å². The second kappa shape index (κ2) is 9.12. The quantitative estimate of drug-likeness (QED) is 0.476. The van der Waals surface area contributed by atoms with E-state index in [2.05, 4.69) is 5.32 Å². The van der Waals surface area contributed by atoms with Gasteiger partial charge in [0.05, 0.1) is 16.0 Å². The topological polar surface area (TPSA) is 130 Å². The first-order chi connectivity index (χ1) is 15.4. The van der Waals surface area contributed by atoms with E-state index in [4.69, 9.17) is 4.74 Å². The summed E-state index contributed by atoms with van der Waals surface area (Å²) in [5.41, 5.74) is 0.584. The second-order valence-corrected chi connectivity index (χ2v) is 9.74. The molecule has 1 aliphatic rings. The zero-order valence-electron chi connectivity index (χ0n) is 18.4. The highest BCUT2D eigenvalue weighted by molar-refractivity contribution is 7.89. The number of sulfonamides is 1. The fraction of sp³-hybridized carbons (Fsp3) is 0.273. The van der Waals surface area contributed by atoms with Crippen LogP contribution in [0.5, 0.6) is 0 Å². The lowest BCUT2D eigenvalue weighted by atomic mass is 10.1. The van der Waals surface area contributed by atoms with Crippen LogP contribution in [0.2, 0.25) is 0 Å². The molecule has 0 aliphatic carbocycles. The number of nitrogens with zero attached hydrogens (tertiary/aromatic N) is 2. The van der Waals surface area contributed by atoms with Crippen LogP contribution in [-0.2, 0) is 24.3 Å². The van der Waals surface area contributed by atoms with E-state index in [0.29, 0.717) is 0 Å². The standard InChI is InChI=1S/C22H23N3O7S/c1-13(25-20(27)17-10-5-6-11-18(17)21(25)28)22(29)32-14(2)19(26)23-15-8-7-9-16(12-15)33(30,31)24(3)4/h5-14H,1-4H3,(H,23,26)/t13-,14+/m1/s1. The van der Waals surface area contributed by atoms with E-state index in [0.717, 1.165) is 9.21 Å². The van der Waals surface area contributed by atoms with Crippen LogP contribution in [0, 0.1) is 0 Å². The van der Waals surface area contributed by atoms with Gasteiger partial charge in [-0.2, -0.15) is 0 Å². The maximum atomic E-state index is 12.6. The summed E-state index contributed by atoms with van der Waals surface area (Å²) >= 11 is 0. The highest BCUT2D eigenvalue weighted by Gasteiger charge is 2.41. The predicted molar refractivity (Wildman–Crippen MR) is 118 cm³/mol. The number of esters is 1. The lowest BCUT2D eigenvalue weighted by Gasteiger charge is -2.22. The minimum atomic E-state index is -3.70. The molecule has 174 valence electrons. The fourth-order valence-corrected chi connectivity index (χ4v) is 4.13. The Labute approximate surface area is 191 Å². The maximum Gasteiger partial charge on any atom is 0.329 e. The Morgan fingerprint density at radius 1 is 0.970 bits per heavy atom. The van der Waals surface area contributed by atoms with Gasteiger partial charge in [-0.15, -0.1) is 0 Å². The van der Waals surface area contributed by atoms with Crippen molar-refractivity contribution in [2.75, 3.05) is 19.4 Å². The van der Waals surface area contributed by atoms with Crippen molar-refractivity contribution in [2.45, 2.75) is 30.9 Å². The van der Waals surface area contributed by atoms with Crippen molar-refractivity contribution in [3.63, 3.8) is 0 Å². The number of rotatable bonds is 7. The summed E-state index contributed by atoms with van der Waals surface area (Å²) in [5.74, 6) is -2.87. The van der Waals surface area contributed by atoms with Crippen LogP contribution < -0.4 is 5.32 Å². The molecule has 2 aromatic carbocycles. The minimum Gasteiger partial charge on any atom is -0.451 e. The summed E-state index contributed by atoms with van der Waals surface area (Å²) in [5, 5.41) is 2.49. The molecule has 0 fully saturated rings. The van der Waals surface area contributed by atoms with Gasteiger partial charge in [-0.3, -0.25) is 19.3 Å².